The highest BCUT2D eigenvalue weighted by atomic mass is 15.4. The van der Waals surface area contributed by atoms with E-state index in [9.17, 15) is 0 Å². The second kappa shape index (κ2) is 3.92. The van der Waals surface area contributed by atoms with Crippen LogP contribution >= 0.6 is 0 Å². The van der Waals surface area contributed by atoms with Crippen molar-refractivity contribution in [3.8, 4) is 0 Å². The summed E-state index contributed by atoms with van der Waals surface area (Å²) in [6, 6.07) is 0. The van der Waals surface area contributed by atoms with Crippen LogP contribution in [0.1, 0.15) is 31.2 Å². The first-order chi connectivity index (χ1) is 7.88. The molecule has 0 saturated heterocycles. The molecule has 0 unspecified atom stereocenters. The molecular formula is C10H17N7. The van der Waals surface area contributed by atoms with Gasteiger partial charge in [-0.1, -0.05) is 5.21 Å². The molecule has 7 heteroatoms. The predicted octanol–water partition coefficient (Wildman–Crippen LogP) is -0.0429. The Bertz CT molecular complexity index is 517. The molecule has 0 radical (unpaired) electrons. The van der Waals surface area contributed by atoms with E-state index in [-0.39, 0.29) is 0 Å². The van der Waals surface area contributed by atoms with Gasteiger partial charge in [-0.25, -0.2) is 4.68 Å². The normalized spacial score (nSPS) is 12.1. The fourth-order valence-corrected chi connectivity index (χ4v) is 1.40. The molecule has 2 heterocycles. The van der Waals surface area contributed by atoms with E-state index in [1.807, 2.05) is 38.6 Å². The van der Waals surface area contributed by atoms with Crippen molar-refractivity contribution in [2.45, 2.75) is 32.9 Å². The summed E-state index contributed by atoms with van der Waals surface area (Å²) in [5, 5.41) is 16.2. The van der Waals surface area contributed by atoms with E-state index >= 15 is 0 Å². The topological polar surface area (TPSA) is 87.4 Å². The predicted molar refractivity (Wildman–Crippen MR) is 62.1 cm³/mol. The van der Waals surface area contributed by atoms with Crippen molar-refractivity contribution in [1.82, 2.24) is 29.8 Å². The van der Waals surface area contributed by atoms with Gasteiger partial charge in [0, 0.05) is 7.05 Å². The van der Waals surface area contributed by atoms with Gasteiger partial charge in [0.05, 0.1) is 11.7 Å². The van der Waals surface area contributed by atoms with E-state index in [0.717, 1.165) is 17.3 Å². The zero-order valence-electron chi connectivity index (χ0n) is 10.5. The average molecular weight is 235 g/mol. The molecule has 0 aliphatic carbocycles. The molecule has 0 spiro atoms. The molecule has 2 N–H and O–H groups in total. The van der Waals surface area contributed by atoms with E-state index in [1.54, 1.807) is 4.68 Å². The second-order valence-corrected chi connectivity index (χ2v) is 4.75. The molecule has 0 saturated carbocycles. The number of nitrogens with two attached hydrogens (primary N) is 1. The molecule has 0 atom stereocenters. The summed E-state index contributed by atoms with van der Waals surface area (Å²) in [5.41, 5.74) is 6.23. The fourth-order valence-electron chi connectivity index (χ4n) is 1.40. The van der Waals surface area contributed by atoms with Crippen LogP contribution in [0.15, 0.2) is 6.20 Å². The number of hydrogen-bond acceptors (Lipinski definition) is 5. The van der Waals surface area contributed by atoms with Gasteiger partial charge in [-0.05, 0) is 20.8 Å². The molecule has 2 rings (SSSR count). The highest BCUT2D eigenvalue weighted by Crippen LogP contribution is 2.12. The highest BCUT2D eigenvalue weighted by molar-refractivity contribution is 5.06. The number of aromatic nitrogens is 6. The van der Waals surface area contributed by atoms with Gasteiger partial charge in [0.25, 0.3) is 0 Å². The zero-order valence-corrected chi connectivity index (χ0v) is 10.5. The molecule has 17 heavy (non-hydrogen) atoms. The quantitative estimate of drug-likeness (QED) is 0.806. The Morgan fingerprint density at radius 1 is 1.29 bits per heavy atom. The summed E-state index contributed by atoms with van der Waals surface area (Å²) < 4.78 is 3.64. The molecule has 0 aliphatic heterocycles. The highest BCUT2D eigenvalue weighted by Gasteiger charge is 2.18. The average Bonchev–Trinajstić information content (AvgIpc) is 2.80. The number of hydrogen-bond donors (Lipinski definition) is 1. The molecule has 0 amide bonds. The van der Waals surface area contributed by atoms with Crippen molar-refractivity contribution in [3.63, 3.8) is 0 Å². The zero-order chi connectivity index (χ0) is 12.6. The van der Waals surface area contributed by atoms with Crippen LogP contribution in [-0.2, 0) is 19.1 Å². The van der Waals surface area contributed by atoms with Crippen LogP contribution in [0.3, 0.4) is 0 Å². The Balaban J connectivity index is 2.20. The summed E-state index contributed by atoms with van der Waals surface area (Å²) in [7, 11) is 1.93. The van der Waals surface area contributed by atoms with Gasteiger partial charge in [-0.2, -0.15) is 0 Å². The maximum atomic E-state index is 5.95. The van der Waals surface area contributed by atoms with Gasteiger partial charge < -0.3 is 10.3 Å². The molecular weight excluding hydrogens is 218 g/mol. The third-order valence-corrected chi connectivity index (χ3v) is 2.68. The Kier molecular flexibility index (Phi) is 2.70. The van der Waals surface area contributed by atoms with Gasteiger partial charge in [-0.3, -0.25) is 0 Å². The van der Waals surface area contributed by atoms with Crippen molar-refractivity contribution in [2.75, 3.05) is 0 Å². The standard InChI is InChI=1S/C10H17N7/c1-7-12-14-9(16(7)4)6-17-5-8(13-15-17)10(2,3)11/h5H,6,11H2,1-4H3. The number of aryl methyl sites for hydroxylation is 1. The van der Waals surface area contributed by atoms with Gasteiger partial charge in [-0.15, -0.1) is 15.3 Å². The molecule has 0 bridgehead atoms. The van der Waals surface area contributed by atoms with Crippen molar-refractivity contribution >= 4 is 0 Å². The van der Waals surface area contributed by atoms with E-state index in [2.05, 4.69) is 20.5 Å². The van der Waals surface area contributed by atoms with Crippen LogP contribution in [0.2, 0.25) is 0 Å². The monoisotopic (exact) mass is 235 g/mol. The van der Waals surface area contributed by atoms with E-state index < -0.39 is 5.54 Å². The van der Waals surface area contributed by atoms with Crippen molar-refractivity contribution in [3.05, 3.63) is 23.5 Å². The molecule has 92 valence electrons. The molecule has 0 fully saturated rings. The third kappa shape index (κ3) is 2.33. The molecule has 7 nitrogen and oxygen atoms in total. The van der Waals surface area contributed by atoms with Gasteiger partial charge in [0.15, 0.2) is 5.82 Å². The largest absolute Gasteiger partial charge is 0.320 e. The first kappa shape index (κ1) is 11.7. The van der Waals surface area contributed by atoms with Crippen LogP contribution < -0.4 is 5.73 Å². The smallest absolute Gasteiger partial charge is 0.154 e. The summed E-state index contributed by atoms with van der Waals surface area (Å²) in [4.78, 5) is 0. The van der Waals surface area contributed by atoms with E-state index in [4.69, 9.17) is 5.73 Å². The van der Waals surface area contributed by atoms with Gasteiger partial charge >= 0.3 is 0 Å². The van der Waals surface area contributed by atoms with Crippen molar-refractivity contribution < 1.29 is 0 Å². The van der Waals surface area contributed by atoms with Crippen LogP contribution in [0.4, 0.5) is 0 Å². The fraction of sp³-hybridized carbons (Fsp3) is 0.600. The lowest BCUT2D eigenvalue weighted by molar-refractivity contribution is 0.533. The minimum absolute atomic E-state index is 0.478. The Morgan fingerprint density at radius 2 is 2.00 bits per heavy atom. The number of nitrogens with zero attached hydrogens (tertiary/aromatic N) is 6. The van der Waals surface area contributed by atoms with Gasteiger partial charge in [0.2, 0.25) is 0 Å². The Morgan fingerprint density at radius 3 is 2.47 bits per heavy atom. The van der Waals surface area contributed by atoms with Crippen LogP contribution in [-0.4, -0.2) is 29.8 Å². The third-order valence-electron chi connectivity index (χ3n) is 2.68. The number of rotatable bonds is 3. The van der Waals surface area contributed by atoms with Gasteiger partial charge in [0.1, 0.15) is 18.1 Å². The second-order valence-electron chi connectivity index (χ2n) is 4.75. The van der Waals surface area contributed by atoms with Crippen molar-refractivity contribution in [2.24, 2.45) is 12.8 Å². The summed E-state index contributed by atoms with van der Waals surface area (Å²) in [5.74, 6) is 1.72. The summed E-state index contributed by atoms with van der Waals surface area (Å²) >= 11 is 0. The van der Waals surface area contributed by atoms with Crippen LogP contribution in [0, 0.1) is 6.92 Å². The first-order valence-electron chi connectivity index (χ1n) is 5.42. The van der Waals surface area contributed by atoms with Crippen LogP contribution in [0.5, 0.6) is 0 Å². The molecule has 2 aromatic heterocycles. The molecule has 0 aliphatic rings. The Hall–Kier alpha value is -1.76. The summed E-state index contributed by atoms with van der Waals surface area (Å²) in [6.45, 7) is 6.24. The van der Waals surface area contributed by atoms with Crippen LogP contribution in [0.25, 0.3) is 0 Å². The summed E-state index contributed by atoms with van der Waals surface area (Å²) in [6.07, 6.45) is 1.84. The van der Waals surface area contributed by atoms with E-state index in [0.29, 0.717) is 6.54 Å². The lowest BCUT2D eigenvalue weighted by Crippen LogP contribution is -2.29. The first-order valence-corrected chi connectivity index (χ1v) is 5.42. The molecule has 0 aromatic carbocycles. The molecule has 2 aromatic rings. The SMILES string of the molecule is Cc1nnc(Cn2cc(C(C)(C)N)nn2)n1C. The maximum Gasteiger partial charge on any atom is 0.154 e. The Labute approximate surface area is 99.6 Å². The minimum atomic E-state index is -0.478. The lowest BCUT2D eigenvalue weighted by atomic mass is 10.0. The minimum Gasteiger partial charge on any atom is -0.320 e. The maximum absolute atomic E-state index is 5.95. The van der Waals surface area contributed by atoms with E-state index in [1.165, 1.54) is 0 Å². The lowest BCUT2D eigenvalue weighted by Gasteiger charge is -2.13. The van der Waals surface area contributed by atoms with Crippen molar-refractivity contribution in [1.29, 1.82) is 0 Å².